The van der Waals surface area contributed by atoms with E-state index in [9.17, 15) is 0 Å². The van der Waals surface area contributed by atoms with E-state index in [0.717, 1.165) is 48.5 Å². The summed E-state index contributed by atoms with van der Waals surface area (Å²) in [6.45, 7) is 4.54. The third kappa shape index (κ3) is 23.1. The van der Waals surface area contributed by atoms with E-state index < -0.39 is 0 Å². The van der Waals surface area contributed by atoms with Crippen molar-refractivity contribution in [2.75, 3.05) is 0 Å². The van der Waals surface area contributed by atoms with Crippen molar-refractivity contribution in [2.45, 2.75) is 168 Å². The molecule has 0 amide bonds. The molecule has 0 aliphatic rings. The molecule has 0 bridgehead atoms. The molecule has 0 saturated carbocycles. The zero-order chi connectivity index (χ0) is 31.2. The van der Waals surface area contributed by atoms with Gasteiger partial charge in [-0.05, 0) is 56.0 Å². The number of para-hydroxylation sites is 2. The van der Waals surface area contributed by atoms with E-state index in [2.05, 4.69) is 74.5 Å². The van der Waals surface area contributed by atoms with Crippen molar-refractivity contribution in [2.24, 2.45) is 9.98 Å². The van der Waals surface area contributed by atoms with Crippen LogP contribution in [0.3, 0.4) is 0 Å². The number of rotatable bonds is 28. The first-order valence-electron chi connectivity index (χ1n) is 18.8. The molecule has 0 aliphatic carbocycles. The maximum Gasteiger partial charge on any atom is 0.0848 e. The zero-order valence-corrected chi connectivity index (χ0v) is 30.1. The van der Waals surface area contributed by atoms with Crippen molar-refractivity contribution in [3.8, 4) is 0 Å². The molecule has 3 heteroatoms. The fraction of sp³-hybridized carbons (Fsp3) is 0.619. The summed E-state index contributed by atoms with van der Waals surface area (Å²) >= 11 is 0. The minimum Gasteiger partial charge on any atom is -0.251 e. The molecule has 0 fully saturated rings. The smallest absolute Gasteiger partial charge is 0.0848 e. The Kier molecular flexibility index (Phi) is 28.0. The van der Waals surface area contributed by atoms with Crippen LogP contribution in [0.1, 0.15) is 168 Å². The Morgan fingerprint density at radius 2 is 0.844 bits per heavy atom. The Balaban J connectivity index is 0.0000101. The molecule has 0 N–H and O–H groups in total. The molecule has 2 rings (SSSR count). The molecule has 0 heterocycles. The van der Waals surface area contributed by atoms with E-state index in [4.69, 9.17) is 9.98 Å². The van der Waals surface area contributed by atoms with Gasteiger partial charge in [-0.3, -0.25) is 4.99 Å². The quantitative estimate of drug-likeness (QED) is 0.0494. The van der Waals surface area contributed by atoms with Crippen molar-refractivity contribution >= 4 is 22.8 Å². The molecular formula is C42H66N2Ni. The van der Waals surface area contributed by atoms with Gasteiger partial charge in [-0.2, -0.15) is 0 Å². The number of hydrogen-bond donors (Lipinski definition) is 0. The van der Waals surface area contributed by atoms with Crippen LogP contribution in [-0.2, 0) is 16.5 Å². The zero-order valence-electron chi connectivity index (χ0n) is 29.1. The largest absolute Gasteiger partial charge is 0.251 e. The molecule has 0 atom stereocenters. The fourth-order valence-corrected chi connectivity index (χ4v) is 5.80. The first-order chi connectivity index (χ1) is 21.8. The molecule has 0 aromatic heterocycles. The Hall–Kier alpha value is -1.99. The van der Waals surface area contributed by atoms with E-state index >= 15 is 0 Å². The third-order valence-electron chi connectivity index (χ3n) is 8.59. The Bertz CT molecular complexity index is 996. The van der Waals surface area contributed by atoms with Crippen LogP contribution in [0.15, 0.2) is 82.8 Å². The van der Waals surface area contributed by atoms with E-state index in [0.29, 0.717) is 0 Å². The van der Waals surface area contributed by atoms with Gasteiger partial charge < -0.3 is 0 Å². The predicted octanol–water partition coefficient (Wildman–Crippen LogP) is 14.5. The topological polar surface area (TPSA) is 24.7 Å². The molecule has 0 saturated heterocycles. The second kappa shape index (κ2) is 30.7. The van der Waals surface area contributed by atoms with Gasteiger partial charge in [0.15, 0.2) is 0 Å². The summed E-state index contributed by atoms with van der Waals surface area (Å²) in [4.78, 5) is 10.1. The molecule has 2 aromatic rings. The van der Waals surface area contributed by atoms with E-state index in [1.165, 1.54) is 128 Å². The van der Waals surface area contributed by atoms with Crippen LogP contribution in [0.25, 0.3) is 0 Å². The number of hydrogen-bond acceptors (Lipinski definition) is 2. The average molecular weight is 658 g/mol. The Morgan fingerprint density at radius 3 is 1.27 bits per heavy atom. The van der Waals surface area contributed by atoms with Crippen molar-refractivity contribution in [1.29, 1.82) is 0 Å². The minimum atomic E-state index is 0. The Morgan fingerprint density at radius 1 is 0.467 bits per heavy atom. The molecule has 2 nitrogen and oxygen atoms in total. The van der Waals surface area contributed by atoms with Gasteiger partial charge in [0.25, 0.3) is 0 Å². The number of nitrogens with zero attached hydrogens (tertiary/aromatic N) is 2. The van der Waals surface area contributed by atoms with Crippen LogP contribution >= 0.6 is 0 Å². The Labute approximate surface area is 289 Å². The number of benzene rings is 2. The predicted molar refractivity (Wildman–Crippen MR) is 198 cm³/mol. The molecular weight excluding hydrogens is 591 g/mol. The normalized spacial score (nSPS) is 12.1. The molecule has 254 valence electrons. The summed E-state index contributed by atoms with van der Waals surface area (Å²) in [5, 5.41) is 0. The first kappa shape index (κ1) is 41.0. The fourth-order valence-electron chi connectivity index (χ4n) is 5.80. The van der Waals surface area contributed by atoms with E-state index in [1.807, 2.05) is 12.1 Å². The van der Waals surface area contributed by atoms with Crippen molar-refractivity contribution in [1.82, 2.24) is 0 Å². The van der Waals surface area contributed by atoms with Crippen LogP contribution in [-0.4, -0.2) is 11.4 Å². The van der Waals surface area contributed by atoms with Gasteiger partial charge in [-0.25, -0.2) is 4.99 Å². The van der Waals surface area contributed by atoms with Crippen LogP contribution in [0.2, 0.25) is 0 Å². The van der Waals surface area contributed by atoms with Crippen molar-refractivity contribution in [3.05, 3.63) is 72.8 Å². The summed E-state index contributed by atoms with van der Waals surface area (Å²) in [7, 11) is 0. The van der Waals surface area contributed by atoms with Crippen LogP contribution in [0.4, 0.5) is 11.4 Å². The standard InChI is InChI=1S/C42H66N2.Ni/c1-3-5-7-8-9-10-11-12-13-14-15-16-17-18-19-20-21-22-23-24-25-32-38-42(44-40-35-30-27-31-36-40)41(37-6-4-2)43-39-33-28-26-29-34-39;/h26-36,38H,3-25,37H2,1-2H3;/b38-32+,43-41+,44-42+;. The van der Waals surface area contributed by atoms with Crippen molar-refractivity contribution in [3.63, 3.8) is 0 Å². The van der Waals surface area contributed by atoms with Gasteiger partial charge in [-0.15, -0.1) is 0 Å². The van der Waals surface area contributed by atoms with Crippen molar-refractivity contribution < 1.29 is 16.5 Å². The molecule has 2 aromatic carbocycles. The molecule has 0 unspecified atom stereocenters. The molecule has 0 radical (unpaired) electrons. The summed E-state index contributed by atoms with van der Waals surface area (Å²) in [6, 6.07) is 20.6. The second-order valence-electron chi connectivity index (χ2n) is 12.7. The SMILES string of the molecule is CCCCCCCCCCCCCCCCCCCCCC/C=C/C(=N\c1ccccc1)C(/CCCC)=N/c1ccccc1.[Ni]. The second-order valence-corrected chi connectivity index (χ2v) is 12.7. The number of aliphatic imine (C=N–C) groups is 2. The number of allylic oxidation sites excluding steroid dienone is 2. The van der Waals surface area contributed by atoms with Crippen LogP contribution in [0.5, 0.6) is 0 Å². The molecule has 0 spiro atoms. The van der Waals surface area contributed by atoms with Gasteiger partial charge in [0.2, 0.25) is 0 Å². The summed E-state index contributed by atoms with van der Waals surface area (Å²) in [5.41, 5.74) is 4.08. The van der Waals surface area contributed by atoms with E-state index in [-0.39, 0.29) is 16.5 Å². The maximum atomic E-state index is 5.03. The number of unbranched alkanes of at least 4 members (excludes halogenated alkanes) is 21. The van der Waals surface area contributed by atoms with E-state index in [1.54, 1.807) is 0 Å². The average Bonchev–Trinajstić information content (AvgIpc) is 3.06. The summed E-state index contributed by atoms with van der Waals surface area (Å²) < 4.78 is 0. The molecule has 45 heavy (non-hydrogen) atoms. The van der Waals surface area contributed by atoms with Gasteiger partial charge in [-0.1, -0.05) is 185 Å². The maximum absolute atomic E-state index is 5.03. The van der Waals surface area contributed by atoms with Gasteiger partial charge >= 0.3 is 0 Å². The van der Waals surface area contributed by atoms with Crippen LogP contribution in [0, 0.1) is 0 Å². The minimum absolute atomic E-state index is 0. The third-order valence-corrected chi connectivity index (χ3v) is 8.59. The van der Waals surface area contributed by atoms with Gasteiger partial charge in [0.05, 0.1) is 22.8 Å². The summed E-state index contributed by atoms with van der Waals surface area (Å²) in [6.07, 6.45) is 37.4. The molecule has 0 aliphatic heterocycles. The summed E-state index contributed by atoms with van der Waals surface area (Å²) in [5.74, 6) is 0. The van der Waals surface area contributed by atoms with Crippen LogP contribution < -0.4 is 0 Å². The monoisotopic (exact) mass is 656 g/mol. The first-order valence-corrected chi connectivity index (χ1v) is 18.8. The van der Waals surface area contributed by atoms with Gasteiger partial charge in [0.1, 0.15) is 0 Å². The van der Waals surface area contributed by atoms with Gasteiger partial charge in [0, 0.05) is 16.5 Å².